The Balaban J connectivity index is 0.00000312. The number of rotatable bonds is 10. The molecule has 138 valence electrons. The van der Waals surface area contributed by atoms with Crippen molar-refractivity contribution in [2.75, 3.05) is 13.7 Å². The van der Waals surface area contributed by atoms with E-state index in [1.54, 1.807) is 18.4 Å². The van der Waals surface area contributed by atoms with Crippen molar-refractivity contribution in [1.29, 1.82) is 0 Å². The molecule has 3 N–H and O–H groups in total. The topological polar surface area (TPSA) is 64.3 Å². The standard InChI is InChI=1S/C19H26N2O2S.ClH/c1-23-17-9-7-15(8-10-17)16-12-18(24-14-16)13-21-19(22)6-4-2-3-5-11-20;/h7-10,12,14H,2-6,11,13,20H2,1H3,(H,21,22);1H. The summed E-state index contributed by atoms with van der Waals surface area (Å²) in [5.74, 6) is 0.982. The van der Waals surface area contributed by atoms with Gasteiger partial charge in [-0.05, 0) is 54.1 Å². The van der Waals surface area contributed by atoms with Crippen LogP contribution in [0.4, 0.5) is 0 Å². The summed E-state index contributed by atoms with van der Waals surface area (Å²) in [5.41, 5.74) is 7.79. The van der Waals surface area contributed by atoms with E-state index in [9.17, 15) is 4.79 Å². The van der Waals surface area contributed by atoms with Crippen molar-refractivity contribution in [3.05, 3.63) is 40.6 Å². The number of unbranched alkanes of at least 4 members (excludes halogenated alkanes) is 3. The summed E-state index contributed by atoms with van der Waals surface area (Å²) in [6.45, 7) is 1.34. The van der Waals surface area contributed by atoms with Gasteiger partial charge >= 0.3 is 0 Å². The van der Waals surface area contributed by atoms with Crippen LogP contribution in [-0.2, 0) is 11.3 Å². The van der Waals surface area contributed by atoms with E-state index in [4.69, 9.17) is 10.5 Å². The first kappa shape index (κ1) is 21.5. The molecule has 0 spiro atoms. The number of methoxy groups -OCH3 is 1. The first-order chi connectivity index (χ1) is 11.7. The molecule has 0 bridgehead atoms. The van der Waals surface area contributed by atoms with Crippen LogP contribution in [0.5, 0.6) is 5.75 Å². The summed E-state index contributed by atoms with van der Waals surface area (Å²) < 4.78 is 5.18. The van der Waals surface area contributed by atoms with E-state index in [1.807, 2.05) is 24.3 Å². The molecule has 4 nitrogen and oxygen atoms in total. The van der Waals surface area contributed by atoms with Crippen LogP contribution in [0.2, 0.25) is 0 Å². The molecule has 6 heteroatoms. The van der Waals surface area contributed by atoms with Gasteiger partial charge in [0.25, 0.3) is 0 Å². The van der Waals surface area contributed by atoms with Crippen molar-refractivity contribution >= 4 is 29.7 Å². The number of hydrogen-bond donors (Lipinski definition) is 2. The molecule has 0 aliphatic carbocycles. The highest BCUT2D eigenvalue weighted by Crippen LogP contribution is 2.27. The van der Waals surface area contributed by atoms with Crippen LogP contribution in [-0.4, -0.2) is 19.6 Å². The molecule has 1 heterocycles. The van der Waals surface area contributed by atoms with Crippen LogP contribution >= 0.6 is 23.7 Å². The van der Waals surface area contributed by atoms with Crippen LogP contribution in [0.3, 0.4) is 0 Å². The third kappa shape index (κ3) is 7.46. The Kier molecular flexibility index (Phi) is 10.2. The van der Waals surface area contributed by atoms with Crippen LogP contribution in [0.25, 0.3) is 11.1 Å². The molecule has 1 amide bonds. The molecule has 0 aliphatic rings. The van der Waals surface area contributed by atoms with Crippen molar-refractivity contribution in [1.82, 2.24) is 5.32 Å². The number of nitrogens with two attached hydrogens (primary N) is 1. The summed E-state index contributed by atoms with van der Waals surface area (Å²) in [6.07, 6.45) is 4.77. The third-order valence-corrected chi connectivity index (χ3v) is 4.83. The molecule has 0 unspecified atom stereocenters. The molecule has 25 heavy (non-hydrogen) atoms. The maximum Gasteiger partial charge on any atom is 0.220 e. The van der Waals surface area contributed by atoms with Crippen LogP contribution in [0, 0.1) is 0 Å². The molecule has 1 aromatic heterocycles. The highest BCUT2D eigenvalue weighted by atomic mass is 35.5. The fourth-order valence-corrected chi connectivity index (χ4v) is 3.30. The molecule has 0 saturated heterocycles. The second-order valence-corrected chi connectivity index (χ2v) is 6.76. The summed E-state index contributed by atoms with van der Waals surface area (Å²) in [5, 5.41) is 5.12. The summed E-state index contributed by atoms with van der Waals surface area (Å²) in [6, 6.07) is 10.1. The van der Waals surface area contributed by atoms with E-state index in [0.717, 1.165) is 48.4 Å². The third-order valence-electron chi connectivity index (χ3n) is 3.89. The maximum absolute atomic E-state index is 11.9. The van der Waals surface area contributed by atoms with E-state index in [-0.39, 0.29) is 18.3 Å². The SMILES string of the molecule is COc1ccc(-c2csc(CNC(=O)CCCCCCN)c2)cc1.Cl. The predicted octanol–water partition coefficient (Wildman–Crippen LogP) is 4.37. The van der Waals surface area contributed by atoms with Crippen LogP contribution in [0.1, 0.15) is 37.0 Å². The Labute approximate surface area is 160 Å². The van der Waals surface area contributed by atoms with Gasteiger partial charge in [0, 0.05) is 11.3 Å². The van der Waals surface area contributed by atoms with E-state index < -0.39 is 0 Å². The first-order valence-electron chi connectivity index (χ1n) is 8.41. The van der Waals surface area contributed by atoms with Gasteiger partial charge in [0.1, 0.15) is 5.75 Å². The van der Waals surface area contributed by atoms with Gasteiger partial charge in [-0.3, -0.25) is 4.79 Å². The predicted molar refractivity (Wildman–Crippen MR) is 108 cm³/mol. The normalized spacial score (nSPS) is 10.2. The molecular weight excluding hydrogens is 356 g/mol. The Hall–Kier alpha value is -1.56. The molecule has 0 aliphatic heterocycles. The second-order valence-electron chi connectivity index (χ2n) is 5.76. The number of amides is 1. The zero-order valence-electron chi connectivity index (χ0n) is 14.6. The number of halogens is 1. The van der Waals surface area contributed by atoms with Gasteiger partial charge in [-0.25, -0.2) is 0 Å². The zero-order chi connectivity index (χ0) is 17.2. The minimum absolute atomic E-state index is 0. The number of thiophene rings is 1. The Morgan fingerprint density at radius 3 is 2.52 bits per heavy atom. The fourth-order valence-electron chi connectivity index (χ4n) is 2.47. The fraction of sp³-hybridized carbons (Fsp3) is 0.421. The van der Waals surface area contributed by atoms with Crippen molar-refractivity contribution in [2.45, 2.75) is 38.6 Å². The summed E-state index contributed by atoms with van der Waals surface area (Å²) in [4.78, 5) is 13.0. The quantitative estimate of drug-likeness (QED) is 0.599. The average molecular weight is 383 g/mol. The molecular formula is C19H27ClN2O2S. The van der Waals surface area contributed by atoms with Gasteiger partial charge in [0.05, 0.1) is 13.7 Å². The van der Waals surface area contributed by atoms with Gasteiger partial charge in [-0.1, -0.05) is 25.0 Å². The van der Waals surface area contributed by atoms with Crippen LogP contribution in [0.15, 0.2) is 35.7 Å². The number of hydrogen-bond acceptors (Lipinski definition) is 4. The largest absolute Gasteiger partial charge is 0.497 e. The molecule has 0 radical (unpaired) electrons. The molecule has 1 aromatic carbocycles. The lowest BCUT2D eigenvalue weighted by atomic mass is 10.1. The lowest BCUT2D eigenvalue weighted by Crippen LogP contribution is -2.21. The Bertz CT molecular complexity index is 629. The van der Waals surface area contributed by atoms with Crippen LogP contribution < -0.4 is 15.8 Å². The number of benzene rings is 1. The molecule has 0 atom stereocenters. The van der Waals surface area contributed by atoms with E-state index >= 15 is 0 Å². The van der Waals surface area contributed by atoms with Crippen molar-refractivity contribution in [3.8, 4) is 16.9 Å². The maximum atomic E-state index is 11.9. The lowest BCUT2D eigenvalue weighted by molar-refractivity contribution is -0.121. The lowest BCUT2D eigenvalue weighted by Gasteiger charge is -2.04. The minimum atomic E-state index is 0. The number of ether oxygens (including phenoxy) is 1. The van der Waals surface area contributed by atoms with Gasteiger partial charge in [0.15, 0.2) is 0 Å². The highest BCUT2D eigenvalue weighted by molar-refractivity contribution is 7.10. The zero-order valence-corrected chi connectivity index (χ0v) is 16.3. The van der Waals surface area contributed by atoms with Crippen molar-refractivity contribution in [2.24, 2.45) is 5.73 Å². The number of carbonyl (C=O) groups is 1. The van der Waals surface area contributed by atoms with Crippen molar-refractivity contribution in [3.63, 3.8) is 0 Å². The number of carbonyl (C=O) groups excluding carboxylic acids is 1. The van der Waals surface area contributed by atoms with E-state index in [0.29, 0.717) is 13.0 Å². The van der Waals surface area contributed by atoms with E-state index in [1.165, 1.54) is 5.56 Å². The van der Waals surface area contributed by atoms with Gasteiger partial charge < -0.3 is 15.8 Å². The highest BCUT2D eigenvalue weighted by Gasteiger charge is 2.05. The van der Waals surface area contributed by atoms with E-state index in [2.05, 4.69) is 16.8 Å². The van der Waals surface area contributed by atoms with Crippen molar-refractivity contribution < 1.29 is 9.53 Å². The van der Waals surface area contributed by atoms with Gasteiger partial charge in [0.2, 0.25) is 5.91 Å². The second kappa shape index (κ2) is 11.9. The monoisotopic (exact) mass is 382 g/mol. The average Bonchev–Trinajstić information content (AvgIpc) is 3.09. The minimum Gasteiger partial charge on any atom is -0.497 e. The summed E-state index contributed by atoms with van der Waals surface area (Å²) in [7, 11) is 1.67. The smallest absolute Gasteiger partial charge is 0.220 e. The molecule has 2 aromatic rings. The Morgan fingerprint density at radius 2 is 1.84 bits per heavy atom. The number of nitrogens with one attached hydrogen (secondary N) is 1. The summed E-state index contributed by atoms with van der Waals surface area (Å²) >= 11 is 1.67. The molecule has 0 saturated carbocycles. The molecule has 0 fully saturated rings. The molecule has 2 rings (SSSR count). The van der Waals surface area contributed by atoms with Gasteiger partial charge in [-0.2, -0.15) is 0 Å². The first-order valence-corrected chi connectivity index (χ1v) is 9.29. The van der Waals surface area contributed by atoms with Gasteiger partial charge in [-0.15, -0.1) is 23.7 Å². The Morgan fingerprint density at radius 1 is 1.12 bits per heavy atom.